The summed E-state index contributed by atoms with van der Waals surface area (Å²) in [6.45, 7) is 5.52. The number of carbonyl (C=O) groups excluding carboxylic acids is 2. The molecule has 5 rings (SSSR count). The number of likely N-dealkylation sites (tertiary alicyclic amines) is 1. The van der Waals surface area contributed by atoms with E-state index in [1.807, 2.05) is 6.92 Å². The van der Waals surface area contributed by atoms with Crippen molar-refractivity contribution in [3.63, 3.8) is 0 Å². The lowest BCUT2D eigenvalue weighted by Gasteiger charge is -2.37. The maximum atomic E-state index is 14.3. The number of halogens is 2. The van der Waals surface area contributed by atoms with Gasteiger partial charge in [-0.3, -0.25) is 14.6 Å². The zero-order chi connectivity index (χ0) is 25.0. The van der Waals surface area contributed by atoms with Crippen LogP contribution in [0.1, 0.15) is 64.8 Å². The minimum Gasteiger partial charge on any atom is -0.368 e. The van der Waals surface area contributed by atoms with Crippen molar-refractivity contribution >= 4 is 34.2 Å². The summed E-state index contributed by atoms with van der Waals surface area (Å²) >= 11 is 0. The predicted molar refractivity (Wildman–Crippen MR) is 124 cm³/mol. The molecule has 1 amide bonds. The lowest BCUT2D eigenvalue weighted by molar-refractivity contribution is 0.0599. The number of amides is 1. The lowest BCUT2D eigenvalue weighted by atomic mass is 9.92. The Hall–Kier alpha value is -4.02. The maximum Gasteiger partial charge on any atom is 0.272 e. The summed E-state index contributed by atoms with van der Waals surface area (Å²) in [5.41, 5.74) is 7.53. The van der Waals surface area contributed by atoms with Gasteiger partial charge < -0.3 is 10.6 Å². The second-order valence-corrected chi connectivity index (χ2v) is 8.98. The van der Waals surface area contributed by atoms with Crippen molar-refractivity contribution in [3.05, 3.63) is 58.7 Å². The molecular weight excluding hydrogens is 456 g/mol. The number of piperidine rings is 1. The number of anilines is 1. The zero-order valence-electron chi connectivity index (χ0n) is 19.4. The maximum absolute atomic E-state index is 14.3. The zero-order valence-corrected chi connectivity index (χ0v) is 19.4. The Labute approximate surface area is 199 Å². The summed E-state index contributed by atoms with van der Waals surface area (Å²) < 4.78 is 29.4. The molecule has 1 aromatic carbocycles. The Morgan fingerprint density at radius 3 is 2.63 bits per heavy atom. The fourth-order valence-electron chi connectivity index (χ4n) is 4.64. The lowest BCUT2D eigenvalue weighted by Crippen LogP contribution is -2.45. The number of hydrogen-bond donors (Lipinski definition) is 1. The van der Waals surface area contributed by atoms with Gasteiger partial charge in [-0.25, -0.2) is 18.7 Å². The largest absolute Gasteiger partial charge is 0.368 e. The Bertz CT molecular complexity index is 1520. The fraction of sp³-hybridized carbons (Fsp3) is 0.333. The number of aryl methyl sites for hydroxylation is 1. The first-order chi connectivity index (χ1) is 16.6. The second kappa shape index (κ2) is 8.33. The molecule has 4 aromatic rings. The number of nitrogens with zero attached hydrogens (tertiary/aromatic N) is 6. The van der Waals surface area contributed by atoms with Crippen molar-refractivity contribution in [1.82, 2.24) is 29.5 Å². The highest BCUT2D eigenvalue weighted by Crippen LogP contribution is 2.31. The molecule has 11 heteroatoms. The summed E-state index contributed by atoms with van der Waals surface area (Å²) in [6.07, 6.45) is 2.85. The molecule has 0 bridgehead atoms. The number of aromatic nitrogens is 5. The average molecular weight is 479 g/mol. The first-order valence-corrected chi connectivity index (χ1v) is 11.2. The van der Waals surface area contributed by atoms with Crippen LogP contribution in [-0.4, -0.2) is 53.7 Å². The molecule has 1 fully saturated rings. The number of Topliss-reactive ketones (excluding diaryl/α,β-unsaturated/α-hetero) is 1. The van der Waals surface area contributed by atoms with Crippen LogP contribution in [0.15, 0.2) is 24.4 Å². The first kappa shape index (κ1) is 22.8. The number of ketones is 1. The van der Waals surface area contributed by atoms with Crippen molar-refractivity contribution in [3.8, 4) is 0 Å². The van der Waals surface area contributed by atoms with Gasteiger partial charge in [0.15, 0.2) is 23.1 Å². The van der Waals surface area contributed by atoms with Gasteiger partial charge in [-0.05, 0) is 51.3 Å². The molecule has 35 heavy (non-hydrogen) atoms. The number of pyridine rings is 1. The molecule has 0 radical (unpaired) electrons. The van der Waals surface area contributed by atoms with Gasteiger partial charge in [0, 0.05) is 36.3 Å². The number of carbonyl (C=O) groups is 2. The van der Waals surface area contributed by atoms with E-state index in [1.165, 1.54) is 17.6 Å². The monoisotopic (exact) mass is 479 g/mol. The molecule has 1 aliphatic rings. The van der Waals surface area contributed by atoms with Crippen LogP contribution in [-0.2, 0) is 0 Å². The molecule has 1 saturated heterocycles. The molecule has 180 valence electrons. The summed E-state index contributed by atoms with van der Waals surface area (Å²) in [4.78, 5) is 39.5. The van der Waals surface area contributed by atoms with Crippen molar-refractivity contribution in [2.24, 2.45) is 0 Å². The van der Waals surface area contributed by atoms with Crippen LogP contribution in [0.5, 0.6) is 0 Å². The average Bonchev–Trinajstić information content (AvgIpc) is 3.26. The molecule has 0 aliphatic carbocycles. The van der Waals surface area contributed by atoms with Crippen LogP contribution < -0.4 is 5.73 Å². The van der Waals surface area contributed by atoms with E-state index in [0.717, 1.165) is 12.1 Å². The number of nitrogen functional groups attached to an aromatic ring is 1. The summed E-state index contributed by atoms with van der Waals surface area (Å²) in [7, 11) is 0. The van der Waals surface area contributed by atoms with E-state index in [9.17, 15) is 18.4 Å². The molecule has 9 nitrogen and oxygen atoms in total. The number of fused-ring (bicyclic) bond motifs is 3. The van der Waals surface area contributed by atoms with Crippen LogP contribution >= 0.6 is 0 Å². The predicted octanol–water partition coefficient (Wildman–Crippen LogP) is 3.45. The van der Waals surface area contributed by atoms with E-state index >= 15 is 0 Å². The Morgan fingerprint density at radius 1 is 1.14 bits per heavy atom. The van der Waals surface area contributed by atoms with Gasteiger partial charge in [0.25, 0.3) is 5.91 Å². The third kappa shape index (κ3) is 3.86. The van der Waals surface area contributed by atoms with Crippen molar-refractivity contribution in [1.29, 1.82) is 0 Å². The Balaban J connectivity index is 1.49. The topological polar surface area (TPSA) is 119 Å². The molecule has 0 unspecified atom stereocenters. The van der Waals surface area contributed by atoms with Crippen molar-refractivity contribution < 1.29 is 18.4 Å². The summed E-state index contributed by atoms with van der Waals surface area (Å²) in [5, 5.41) is 4.63. The summed E-state index contributed by atoms with van der Waals surface area (Å²) in [6, 6.07) is 3.48. The molecule has 0 spiro atoms. The van der Waals surface area contributed by atoms with Crippen LogP contribution in [0.2, 0.25) is 0 Å². The molecule has 2 N–H and O–H groups in total. The quantitative estimate of drug-likeness (QED) is 0.447. The molecule has 0 saturated carbocycles. The number of benzene rings is 1. The minimum atomic E-state index is -0.833. The minimum absolute atomic E-state index is 0.0406. The van der Waals surface area contributed by atoms with E-state index in [2.05, 4.69) is 20.1 Å². The van der Waals surface area contributed by atoms with E-state index < -0.39 is 11.6 Å². The molecule has 3 aromatic heterocycles. The SMILES string of the molecule is CC(=O)c1cnc(C(=O)N2C[C@H](c3nc4c5cc(F)cc(F)c5nc(N)n4n3)CC[C@@H]2C)cc1C. The standard InChI is InChI=1S/C24H23F2N7O2/c1-11-6-19(28-9-17(11)13(3)34)23(35)32-10-14(5-4-12(32)2)21-30-22-16-7-15(25)8-18(26)20(16)29-24(27)33(22)31-21/h6-9,12,14H,4-5,10H2,1-3H3,(H2,27,29)/t12-,14+/m0/s1. The van der Waals surface area contributed by atoms with Crippen LogP contribution in [0.25, 0.3) is 16.6 Å². The highest BCUT2D eigenvalue weighted by atomic mass is 19.1. The highest BCUT2D eigenvalue weighted by molar-refractivity contribution is 5.97. The molecule has 4 heterocycles. The van der Waals surface area contributed by atoms with E-state index in [0.29, 0.717) is 36.3 Å². The smallest absolute Gasteiger partial charge is 0.272 e. The first-order valence-electron chi connectivity index (χ1n) is 11.2. The van der Waals surface area contributed by atoms with Crippen molar-refractivity contribution in [2.45, 2.75) is 45.6 Å². The third-order valence-corrected chi connectivity index (χ3v) is 6.55. The fourth-order valence-corrected chi connectivity index (χ4v) is 4.64. The Morgan fingerprint density at radius 2 is 1.91 bits per heavy atom. The van der Waals surface area contributed by atoms with Gasteiger partial charge in [0.2, 0.25) is 5.95 Å². The van der Waals surface area contributed by atoms with E-state index in [-0.39, 0.29) is 51.8 Å². The number of hydrogen-bond acceptors (Lipinski definition) is 7. The molecule has 1 aliphatic heterocycles. The van der Waals surface area contributed by atoms with Crippen LogP contribution in [0.3, 0.4) is 0 Å². The number of rotatable bonds is 3. The van der Waals surface area contributed by atoms with Gasteiger partial charge in [-0.2, -0.15) is 4.52 Å². The van der Waals surface area contributed by atoms with E-state index in [4.69, 9.17) is 5.73 Å². The highest BCUT2D eigenvalue weighted by Gasteiger charge is 2.33. The van der Waals surface area contributed by atoms with Gasteiger partial charge in [-0.15, -0.1) is 5.10 Å². The van der Waals surface area contributed by atoms with Gasteiger partial charge in [-0.1, -0.05) is 0 Å². The third-order valence-electron chi connectivity index (χ3n) is 6.55. The van der Waals surface area contributed by atoms with Gasteiger partial charge in [0.1, 0.15) is 17.0 Å². The summed E-state index contributed by atoms with van der Waals surface area (Å²) in [5.74, 6) is -1.83. The van der Waals surface area contributed by atoms with E-state index in [1.54, 1.807) is 17.9 Å². The Kier molecular flexibility index (Phi) is 5.42. The van der Waals surface area contributed by atoms with Gasteiger partial charge in [0.05, 0.1) is 5.39 Å². The van der Waals surface area contributed by atoms with Crippen LogP contribution in [0.4, 0.5) is 14.7 Å². The molecule has 2 atom stereocenters. The molecular formula is C24H23F2N7O2. The van der Waals surface area contributed by atoms with Gasteiger partial charge >= 0.3 is 0 Å². The van der Waals surface area contributed by atoms with Crippen LogP contribution in [0, 0.1) is 18.6 Å². The normalized spacial score (nSPS) is 18.4. The van der Waals surface area contributed by atoms with Crippen molar-refractivity contribution in [2.75, 3.05) is 12.3 Å². The second-order valence-electron chi connectivity index (χ2n) is 8.98. The number of nitrogens with two attached hydrogens (primary N) is 1.